The third-order valence-electron chi connectivity index (χ3n) is 1.76. The number of nitrogens with zero attached hydrogens (tertiary/aromatic N) is 2. The lowest BCUT2D eigenvalue weighted by atomic mass is 10.3. The maximum Gasteiger partial charge on any atom is 0.339 e. The standard InChI is InChI=1S/C8H13N5O2S/c1-4(3-5(9)10)16-8-11-6(14)7(15)12-13(8)2/h4H,3H2,1-2H3,(H3,9,10)(H,12,15). The van der Waals surface area contributed by atoms with Crippen LogP contribution in [0.5, 0.6) is 0 Å². The molecule has 16 heavy (non-hydrogen) atoms. The van der Waals surface area contributed by atoms with Crippen LogP contribution in [0.3, 0.4) is 0 Å². The molecule has 0 aliphatic carbocycles. The highest BCUT2D eigenvalue weighted by atomic mass is 32.2. The van der Waals surface area contributed by atoms with Gasteiger partial charge in [-0.25, -0.2) is 0 Å². The maximum absolute atomic E-state index is 11.0. The average Bonchev–Trinajstić information content (AvgIpc) is 2.12. The number of hydrogen-bond acceptors (Lipinski definition) is 5. The highest BCUT2D eigenvalue weighted by molar-refractivity contribution is 7.99. The monoisotopic (exact) mass is 243 g/mol. The molecular formula is C8H13N5O2S. The third-order valence-corrected chi connectivity index (χ3v) is 2.91. The Hall–Kier alpha value is -1.57. The van der Waals surface area contributed by atoms with Gasteiger partial charge in [0.15, 0.2) is 5.16 Å². The van der Waals surface area contributed by atoms with Gasteiger partial charge in [0.25, 0.3) is 0 Å². The molecule has 0 aliphatic rings. The molecule has 0 spiro atoms. The normalized spacial score (nSPS) is 12.4. The average molecular weight is 243 g/mol. The molecule has 1 aromatic heterocycles. The lowest BCUT2D eigenvalue weighted by molar-refractivity contribution is 0.595. The first-order valence-corrected chi connectivity index (χ1v) is 5.45. The third kappa shape index (κ3) is 3.23. The number of thioether (sulfide) groups is 1. The molecule has 0 aliphatic heterocycles. The fourth-order valence-corrected chi connectivity index (χ4v) is 2.06. The van der Waals surface area contributed by atoms with Crippen LogP contribution in [0.15, 0.2) is 14.7 Å². The first-order chi connectivity index (χ1) is 7.40. The van der Waals surface area contributed by atoms with E-state index in [1.807, 2.05) is 6.92 Å². The fraction of sp³-hybridized carbons (Fsp3) is 0.500. The van der Waals surface area contributed by atoms with E-state index in [1.165, 1.54) is 16.4 Å². The first kappa shape index (κ1) is 12.5. The van der Waals surface area contributed by atoms with Crippen molar-refractivity contribution < 1.29 is 0 Å². The van der Waals surface area contributed by atoms with E-state index in [-0.39, 0.29) is 11.1 Å². The van der Waals surface area contributed by atoms with Crippen molar-refractivity contribution >= 4 is 17.6 Å². The van der Waals surface area contributed by atoms with Crippen LogP contribution in [0.4, 0.5) is 0 Å². The van der Waals surface area contributed by atoms with Gasteiger partial charge in [-0.15, -0.1) is 0 Å². The van der Waals surface area contributed by atoms with Gasteiger partial charge < -0.3 is 5.73 Å². The van der Waals surface area contributed by atoms with Crippen molar-refractivity contribution in [2.24, 2.45) is 12.8 Å². The molecule has 0 amide bonds. The van der Waals surface area contributed by atoms with Gasteiger partial charge in [0.1, 0.15) is 0 Å². The van der Waals surface area contributed by atoms with Crippen molar-refractivity contribution in [3.8, 4) is 0 Å². The van der Waals surface area contributed by atoms with E-state index in [4.69, 9.17) is 11.1 Å². The Morgan fingerprint density at radius 2 is 2.31 bits per heavy atom. The van der Waals surface area contributed by atoms with E-state index in [2.05, 4.69) is 10.1 Å². The summed E-state index contributed by atoms with van der Waals surface area (Å²) >= 11 is 1.28. The van der Waals surface area contributed by atoms with Gasteiger partial charge in [0, 0.05) is 18.7 Å². The Morgan fingerprint density at radius 1 is 1.69 bits per heavy atom. The van der Waals surface area contributed by atoms with Crippen LogP contribution in [0, 0.1) is 5.41 Å². The summed E-state index contributed by atoms with van der Waals surface area (Å²) in [5, 5.41) is 9.90. The zero-order valence-electron chi connectivity index (χ0n) is 8.98. The zero-order valence-corrected chi connectivity index (χ0v) is 9.80. The predicted octanol–water partition coefficient (Wildman–Crippen LogP) is -0.725. The molecule has 8 heteroatoms. The molecule has 0 fully saturated rings. The van der Waals surface area contributed by atoms with Crippen LogP contribution in [-0.4, -0.2) is 25.9 Å². The number of nitrogens with one attached hydrogen (secondary N) is 2. The minimum absolute atomic E-state index is 0.0153. The summed E-state index contributed by atoms with van der Waals surface area (Å²) in [7, 11) is 1.59. The van der Waals surface area contributed by atoms with Crippen LogP contribution in [0.1, 0.15) is 13.3 Å². The van der Waals surface area contributed by atoms with Gasteiger partial charge in [-0.1, -0.05) is 18.7 Å². The molecule has 1 atom stereocenters. The molecule has 0 bridgehead atoms. The minimum atomic E-state index is -0.810. The van der Waals surface area contributed by atoms with E-state index in [0.29, 0.717) is 11.6 Å². The molecule has 1 unspecified atom stereocenters. The molecule has 7 nitrogen and oxygen atoms in total. The molecule has 4 N–H and O–H groups in total. The summed E-state index contributed by atoms with van der Waals surface area (Å²) in [5.74, 6) is 0.0782. The Morgan fingerprint density at radius 3 is 2.88 bits per heavy atom. The van der Waals surface area contributed by atoms with Gasteiger partial charge in [-0.2, -0.15) is 4.98 Å². The van der Waals surface area contributed by atoms with Crippen molar-refractivity contribution in [2.75, 3.05) is 0 Å². The molecular weight excluding hydrogens is 230 g/mol. The number of rotatable bonds is 4. The second-order valence-corrected chi connectivity index (χ2v) is 4.76. The molecule has 88 valence electrons. The van der Waals surface area contributed by atoms with Gasteiger partial charge in [0.2, 0.25) is 0 Å². The SMILES string of the molecule is CC(CC(=N)N)Sc1nc(=O)c(=O)[nH]n1C. The van der Waals surface area contributed by atoms with Crippen LogP contribution < -0.4 is 16.9 Å². The lowest BCUT2D eigenvalue weighted by Crippen LogP contribution is -2.34. The number of amidine groups is 1. The number of aromatic amines is 1. The summed E-state index contributed by atoms with van der Waals surface area (Å²) in [4.78, 5) is 25.6. The molecule has 0 radical (unpaired) electrons. The largest absolute Gasteiger partial charge is 0.388 e. The Labute approximate surface area is 95.6 Å². The van der Waals surface area contributed by atoms with Crippen molar-refractivity contribution in [1.82, 2.24) is 14.8 Å². The van der Waals surface area contributed by atoms with Gasteiger partial charge in [0.05, 0.1) is 5.84 Å². The molecule has 1 heterocycles. The van der Waals surface area contributed by atoms with E-state index in [0.717, 1.165) is 0 Å². The van der Waals surface area contributed by atoms with E-state index < -0.39 is 11.1 Å². The van der Waals surface area contributed by atoms with Gasteiger partial charge in [-0.05, 0) is 0 Å². The Balaban J connectivity index is 2.89. The maximum atomic E-state index is 11.0. The molecule has 1 aromatic rings. The van der Waals surface area contributed by atoms with Crippen molar-refractivity contribution in [3.05, 3.63) is 20.7 Å². The second kappa shape index (κ2) is 4.97. The minimum Gasteiger partial charge on any atom is -0.388 e. The van der Waals surface area contributed by atoms with Crippen molar-refractivity contribution in [3.63, 3.8) is 0 Å². The van der Waals surface area contributed by atoms with Crippen LogP contribution in [-0.2, 0) is 7.05 Å². The molecule has 1 rings (SSSR count). The fourth-order valence-electron chi connectivity index (χ4n) is 1.10. The summed E-state index contributed by atoms with van der Waals surface area (Å²) in [6, 6.07) is 0. The summed E-state index contributed by atoms with van der Waals surface area (Å²) in [5.41, 5.74) is 3.71. The quantitative estimate of drug-likeness (QED) is 0.279. The number of H-pyrrole nitrogens is 1. The Bertz CT molecular complexity index is 506. The zero-order chi connectivity index (χ0) is 12.3. The van der Waals surface area contributed by atoms with Crippen LogP contribution >= 0.6 is 11.8 Å². The summed E-state index contributed by atoms with van der Waals surface area (Å²) in [6.45, 7) is 1.86. The lowest BCUT2D eigenvalue weighted by Gasteiger charge is -2.11. The van der Waals surface area contributed by atoms with Crippen LogP contribution in [0.25, 0.3) is 0 Å². The number of aromatic nitrogens is 3. The van der Waals surface area contributed by atoms with Crippen molar-refractivity contribution in [2.45, 2.75) is 23.8 Å². The molecule has 0 saturated heterocycles. The number of aryl methyl sites for hydroxylation is 1. The summed E-state index contributed by atoms with van der Waals surface area (Å²) < 4.78 is 1.38. The predicted molar refractivity (Wildman–Crippen MR) is 61.9 cm³/mol. The van der Waals surface area contributed by atoms with Crippen LogP contribution in [0.2, 0.25) is 0 Å². The second-order valence-electron chi connectivity index (χ2n) is 3.36. The van der Waals surface area contributed by atoms with Gasteiger partial charge >= 0.3 is 11.1 Å². The number of hydrogen-bond donors (Lipinski definition) is 3. The molecule has 0 saturated carbocycles. The molecule has 0 aromatic carbocycles. The topological polar surface area (TPSA) is 118 Å². The summed E-state index contributed by atoms with van der Waals surface area (Å²) in [6.07, 6.45) is 0.402. The highest BCUT2D eigenvalue weighted by Gasteiger charge is 2.10. The Kier molecular flexibility index (Phi) is 3.88. The van der Waals surface area contributed by atoms with E-state index >= 15 is 0 Å². The highest BCUT2D eigenvalue weighted by Crippen LogP contribution is 2.20. The van der Waals surface area contributed by atoms with E-state index in [9.17, 15) is 9.59 Å². The first-order valence-electron chi connectivity index (χ1n) is 4.57. The van der Waals surface area contributed by atoms with Crippen molar-refractivity contribution in [1.29, 1.82) is 5.41 Å². The smallest absolute Gasteiger partial charge is 0.339 e. The number of nitrogens with two attached hydrogens (primary N) is 1. The van der Waals surface area contributed by atoms with E-state index in [1.54, 1.807) is 7.05 Å². The van der Waals surface area contributed by atoms with Gasteiger partial charge in [-0.3, -0.25) is 24.8 Å².